The van der Waals surface area contributed by atoms with Gasteiger partial charge in [0.05, 0.1) is 0 Å². The number of rotatable bonds is 6. The zero-order valence-corrected chi connectivity index (χ0v) is 14.3. The highest BCUT2D eigenvalue weighted by Gasteiger charge is 2.07. The van der Waals surface area contributed by atoms with Crippen molar-refractivity contribution < 1.29 is 0 Å². The molecule has 1 fully saturated rings. The number of likely N-dealkylation sites (tertiary alicyclic amines) is 1. The molecule has 1 heterocycles. The van der Waals surface area contributed by atoms with Gasteiger partial charge in [0.25, 0.3) is 0 Å². The van der Waals surface area contributed by atoms with Gasteiger partial charge in [0, 0.05) is 6.54 Å². The number of hydrogen-bond donors (Lipinski definition) is 2. The third-order valence-corrected chi connectivity index (χ3v) is 3.00. The summed E-state index contributed by atoms with van der Waals surface area (Å²) in [5, 5.41) is 3.03. The first kappa shape index (κ1) is 20.6. The molecular weight excluding hydrogens is 241 g/mol. The number of nitrogens with zero attached hydrogens (tertiary/aromatic N) is 1. The standard InChI is InChI=1S/C8H17N.C4H13N2P.C2H6/c1-2-6-9-7-4-3-5-8-9;1-3-4-5-6-7-2;1-2/h2-8H2,1H3;5-7H,3-4H2,1-2H3;1-2H3. The van der Waals surface area contributed by atoms with E-state index in [9.17, 15) is 0 Å². The average Bonchev–Trinajstić information content (AvgIpc) is 2.44. The number of piperidine rings is 1. The second kappa shape index (κ2) is 19.6. The van der Waals surface area contributed by atoms with Crippen LogP contribution in [0.15, 0.2) is 0 Å². The maximum atomic E-state index is 3.05. The van der Waals surface area contributed by atoms with E-state index in [4.69, 9.17) is 0 Å². The van der Waals surface area contributed by atoms with Crippen molar-refractivity contribution in [3.63, 3.8) is 0 Å². The van der Waals surface area contributed by atoms with Crippen LogP contribution in [0.1, 0.15) is 59.8 Å². The Hall–Kier alpha value is 0.310. The highest BCUT2D eigenvalue weighted by Crippen LogP contribution is 2.07. The average molecular weight is 277 g/mol. The largest absolute Gasteiger partial charge is 0.303 e. The first-order valence-electron chi connectivity index (χ1n) is 7.72. The Balaban J connectivity index is 0. The molecule has 4 heteroatoms. The molecular formula is C14H36N3P. The lowest BCUT2D eigenvalue weighted by atomic mass is 10.1. The van der Waals surface area contributed by atoms with Gasteiger partial charge < -0.3 is 4.90 Å². The molecule has 0 aromatic rings. The molecule has 1 rings (SSSR count). The van der Waals surface area contributed by atoms with Gasteiger partial charge in [-0.25, -0.2) is 5.20 Å². The number of hydrazine groups is 1. The minimum atomic E-state index is 0.807. The van der Waals surface area contributed by atoms with Gasteiger partial charge in [-0.2, -0.15) is 0 Å². The minimum Gasteiger partial charge on any atom is -0.303 e. The third-order valence-electron chi connectivity index (χ3n) is 2.58. The first-order valence-corrected chi connectivity index (χ1v) is 9.22. The number of nitrogens with one attached hydrogen (secondary N) is 2. The molecule has 112 valence electrons. The van der Waals surface area contributed by atoms with Crippen LogP contribution in [0.2, 0.25) is 0 Å². The van der Waals surface area contributed by atoms with Crippen molar-refractivity contribution in [1.29, 1.82) is 0 Å². The summed E-state index contributed by atoms with van der Waals surface area (Å²) in [5.41, 5.74) is 3.05. The summed E-state index contributed by atoms with van der Waals surface area (Å²) in [7, 11) is 0.807. The Kier molecular flexibility index (Phi) is 22.5. The fraction of sp³-hybridized carbons (Fsp3) is 1.00. The molecule has 0 radical (unpaired) electrons. The van der Waals surface area contributed by atoms with Crippen molar-refractivity contribution in [1.82, 2.24) is 15.5 Å². The SMILES string of the molecule is CC.CCCN1CCCCC1.CCCNNPC. The summed E-state index contributed by atoms with van der Waals surface area (Å²) in [4.78, 5) is 2.57. The summed E-state index contributed by atoms with van der Waals surface area (Å²) in [6, 6.07) is 0. The molecule has 18 heavy (non-hydrogen) atoms. The Morgan fingerprint density at radius 3 is 2.06 bits per heavy atom. The highest BCUT2D eigenvalue weighted by atomic mass is 31.1. The molecule has 0 aliphatic carbocycles. The first-order chi connectivity index (χ1) is 8.85. The van der Waals surface area contributed by atoms with E-state index in [0.29, 0.717) is 0 Å². The van der Waals surface area contributed by atoms with Crippen molar-refractivity contribution in [2.24, 2.45) is 0 Å². The molecule has 3 nitrogen and oxygen atoms in total. The fourth-order valence-corrected chi connectivity index (χ4v) is 2.08. The summed E-state index contributed by atoms with van der Waals surface area (Å²) < 4.78 is 0. The van der Waals surface area contributed by atoms with Gasteiger partial charge in [0.15, 0.2) is 0 Å². The van der Waals surface area contributed by atoms with Crippen LogP contribution in [0.25, 0.3) is 0 Å². The minimum absolute atomic E-state index is 0.807. The van der Waals surface area contributed by atoms with Crippen molar-refractivity contribution in [2.45, 2.75) is 59.8 Å². The Morgan fingerprint density at radius 1 is 1.00 bits per heavy atom. The molecule has 2 N–H and O–H groups in total. The van der Waals surface area contributed by atoms with Crippen LogP contribution >= 0.6 is 8.73 Å². The topological polar surface area (TPSA) is 27.3 Å². The quantitative estimate of drug-likeness (QED) is 0.441. The molecule has 1 unspecified atom stereocenters. The Morgan fingerprint density at radius 2 is 1.61 bits per heavy atom. The van der Waals surface area contributed by atoms with Crippen molar-refractivity contribution >= 4 is 8.73 Å². The maximum absolute atomic E-state index is 3.05. The van der Waals surface area contributed by atoms with Gasteiger partial charge in [0.2, 0.25) is 0 Å². The highest BCUT2D eigenvalue weighted by molar-refractivity contribution is 7.34. The molecule has 0 bridgehead atoms. The maximum Gasteiger partial charge on any atom is 0.0100 e. The van der Waals surface area contributed by atoms with Gasteiger partial charge in [-0.15, -0.1) is 0 Å². The third kappa shape index (κ3) is 16.3. The van der Waals surface area contributed by atoms with Gasteiger partial charge >= 0.3 is 0 Å². The van der Waals surface area contributed by atoms with Gasteiger partial charge in [-0.1, -0.05) is 34.1 Å². The van der Waals surface area contributed by atoms with E-state index >= 15 is 0 Å². The molecule has 0 aromatic heterocycles. The fourth-order valence-electron chi connectivity index (χ4n) is 1.78. The summed E-state index contributed by atoms with van der Waals surface area (Å²) in [6.45, 7) is 15.6. The van der Waals surface area contributed by atoms with E-state index in [1.165, 1.54) is 51.7 Å². The van der Waals surface area contributed by atoms with Crippen molar-refractivity contribution in [2.75, 3.05) is 32.8 Å². The second-order valence-electron chi connectivity index (χ2n) is 4.20. The summed E-state index contributed by atoms with van der Waals surface area (Å²) in [6.07, 6.45) is 6.83. The van der Waals surface area contributed by atoms with Crippen LogP contribution in [-0.2, 0) is 0 Å². The lowest BCUT2D eigenvalue weighted by Gasteiger charge is -2.25. The predicted octanol–water partition coefficient (Wildman–Crippen LogP) is 3.62. The molecule has 0 aromatic carbocycles. The zero-order chi connectivity index (χ0) is 14.1. The van der Waals surface area contributed by atoms with E-state index < -0.39 is 0 Å². The van der Waals surface area contributed by atoms with Crippen LogP contribution in [0, 0.1) is 0 Å². The van der Waals surface area contributed by atoms with E-state index in [1.807, 2.05) is 13.8 Å². The summed E-state index contributed by atoms with van der Waals surface area (Å²) in [5.74, 6) is 0. The van der Waals surface area contributed by atoms with E-state index in [0.717, 1.165) is 15.3 Å². The number of hydrogen-bond acceptors (Lipinski definition) is 3. The van der Waals surface area contributed by atoms with Crippen LogP contribution in [0.4, 0.5) is 0 Å². The molecule has 1 aliphatic heterocycles. The molecule has 1 atom stereocenters. The normalized spacial score (nSPS) is 15.8. The Bertz CT molecular complexity index is 121. The van der Waals surface area contributed by atoms with Crippen molar-refractivity contribution in [3.05, 3.63) is 0 Å². The van der Waals surface area contributed by atoms with Crippen LogP contribution < -0.4 is 10.6 Å². The zero-order valence-electron chi connectivity index (χ0n) is 13.3. The van der Waals surface area contributed by atoms with Crippen molar-refractivity contribution in [3.8, 4) is 0 Å². The molecule has 0 amide bonds. The van der Waals surface area contributed by atoms with E-state index in [-0.39, 0.29) is 0 Å². The molecule has 0 spiro atoms. The van der Waals surface area contributed by atoms with Gasteiger partial charge in [0.1, 0.15) is 0 Å². The van der Waals surface area contributed by atoms with Gasteiger partial charge in [-0.05, 0) is 60.7 Å². The van der Waals surface area contributed by atoms with Crippen LogP contribution in [-0.4, -0.2) is 37.7 Å². The summed E-state index contributed by atoms with van der Waals surface area (Å²) >= 11 is 0. The van der Waals surface area contributed by atoms with E-state index in [1.54, 1.807) is 0 Å². The second-order valence-corrected chi connectivity index (χ2v) is 4.95. The smallest absolute Gasteiger partial charge is 0.0100 e. The Labute approximate surface area is 117 Å². The van der Waals surface area contributed by atoms with Crippen LogP contribution in [0.5, 0.6) is 0 Å². The molecule has 1 aliphatic rings. The molecule has 0 saturated carbocycles. The van der Waals surface area contributed by atoms with Gasteiger partial charge in [-0.3, -0.25) is 5.43 Å². The monoisotopic (exact) mass is 277 g/mol. The predicted molar refractivity (Wildman–Crippen MR) is 87.6 cm³/mol. The molecule has 1 saturated heterocycles. The lowest BCUT2D eigenvalue weighted by molar-refractivity contribution is 0.229. The van der Waals surface area contributed by atoms with Crippen LogP contribution in [0.3, 0.4) is 0 Å². The lowest BCUT2D eigenvalue weighted by Crippen LogP contribution is -2.30. The van der Waals surface area contributed by atoms with E-state index in [2.05, 4.69) is 36.0 Å².